The van der Waals surface area contributed by atoms with Crippen molar-refractivity contribution in [3.8, 4) is 18.1 Å². The Balaban J connectivity index is 2.27. The molecule has 0 atom stereocenters. The van der Waals surface area contributed by atoms with E-state index in [0.29, 0.717) is 37.3 Å². The normalized spacial score (nSPS) is 17.0. The molecule has 1 aromatic carbocycles. The maximum atomic E-state index is 6.25. The van der Waals surface area contributed by atoms with Crippen LogP contribution in [0.25, 0.3) is 0 Å². The van der Waals surface area contributed by atoms with Crippen molar-refractivity contribution in [3.63, 3.8) is 0 Å². The van der Waals surface area contributed by atoms with Gasteiger partial charge in [-0.1, -0.05) is 17.5 Å². The number of benzene rings is 1. The maximum Gasteiger partial charge on any atom is 0.191 e. The summed E-state index contributed by atoms with van der Waals surface area (Å²) in [6.07, 6.45) is 7.05. The van der Waals surface area contributed by atoms with Gasteiger partial charge in [0, 0.05) is 42.8 Å². The lowest BCUT2D eigenvalue weighted by molar-refractivity contribution is 0.0505. The summed E-state index contributed by atoms with van der Waals surface area (Å²) in [6.45, 7) is 2.52. The molecule has 0 amide bonds. The van der Waals surface area contributed by atoms with Gasteiger partial charge in [-0.2, -0.15) is 0 Å². The minimum atomic E-state index is -0.137. The van der Waals surface area contributed by atoms with Gasteiger partial charge >= 0.3 is 0 Å². The van der Waals surface area contributed by atoms with Crippen LogP contribution in [0.1, 0.15) is 18.4 Å². The summed E-state index contributed by atoms with van der Waals surface area (Å²) in [4.78, 5) is 4.21. The van der Waals surface area contributed by atoms with Gasteiger partial charge < -0.3 is 20.1 Å². The lowest BCUT2D eigenvalue weighted by Crippen LogP contribution is -2.48. The van der Waals surface area contributed by atoms with E-state index in [1.807, 2.05) is 18.2 Å². The van der Waals surface area contributed by atoms with E-state index in [9.17, 15) is 0 Å². The monoisotopic (exact) mass is 349 g/mol. The Kier molecular flexibility index (Phi) is 6.77. The lowest BCUT2D eigenvalue weighted by Gasteiger charge is -2.39. The van der Waals surface area contributed by atoms with E-state index in [2.05, 4.69) is 21.5 Å². The van der Waals surface area contributed by atoms with Crippen molar-refractivity contribution in [2.75, 3.05) is 40.5 Å². The molecule has 0 unspecified atom stereocenters. The van der Waals surface area contributed by atoms with Crippen LogP contribution in [-0.4, -0.2) is 46.4 Å². The van der Waals surface area contributed by atoms with E-state index in [1.165, 1.54) is 0 Å². The van der Waals surface area contributed by atoms with Crippen LogP contribution in [0.2, 0.25) is 5.02 Å². The largest absolute Gasteiger partial charge is 0.496 e. The van der Waals surface area contributed by atoms with Crippen LogP contribution in [0.5, 0.6) is 5.75 Å². The standard InChI is InChI=1S/C18H24ClN3O2/c1-4-9-21-17(20-2)22-13-18(7-10-24-11-8-18)15-12-14(19)5-6-16(15)23-3/h1,5-6,12H,7-11,13H2,2-3H3,(H2,20,21,22). The number of halogens is 1. The highest BCUT2D eigenvalue weighted by molar-refractivity contribution is 6.30. The summed E-state index contributed by atoms with van der Waals surface area (Å²) in [7, 11) is 3.41. The highest BCUT2D eigenvalue weighted by Crippen LogP contribution is 2.40. The van der Waals surface area contributed by atoms with E-state index in [1.54, 1.807) is 14.2 Å². The van der Waals surface area contributed by atoms with Gasteiger partial charge in [0.1, 0.15) is 5.75 Å². The summed E-state index contributed by atoms with van der Waals surface area (Å²) >= 11 is 6.25. The predicted molar refractivity (Wildman–Crippen MR) is 97.9 cm³/mol. The zero-order chi connectivity index (χ0) is 17.4. The van der Waals surface area contributed by atoms with Gasteiger partial charge in [0.2, 0.25) is 0 Å². The van der Waals surface area contributed by atoms with E-state index >= 15 is 0 Å². The Bertz CT molecular complexity index is 619. The van der Waals surface area contributed by atoms with Crippen molar-refractivity contribution in [2.45, 2.75) is 18.3 Å². The smallest absolute Gasteiger partial charge is 0.191 e. The molecule has 0 radical (unpaired) electrons. The molecule has 6 heteroatoms. The molecule has 1 saturated heterocycles. The molecule has 0 spiro atoms. The Hall–Kier alpha value is -1.90. The highest BCUT2D eigenvalue weighted by atomic mass is 35.5. The van der Waals surface area contributed by atoms with Crippen LogP contribution in [-0.2, 0) is 10.2 Å². The summed E-state index contributed by atoms with van der Waals surface area (Å²) in [5.41, 5.74) is 0.961. The number of aliphatic imine (C=N–C) groups is 1. The summed E-state index contributed by atoms with van der Waals surface area (Å²) < 4.78 is 11.2. The van der Waals surface area contributed by atoms with Gasteiger partial charge in [-0.05, 0) is 31.0 Å². The molecule has 1 heterocycles. The van der Waals surface area contributed by atoms with Crippen molar-refractivity contribution in [3.05, 3.63) is 28.8 Å². The third-order valence-corrected chi connectivity index (χ3v) is 4.59. The number of hydrogen-bond donors (Lipinski definition) is 2. The van der Waals surface area contributed by atoms with Crippen LogP contribution in [0.3, 0.4) is 0 Å². The quantitative estimate of drug-likeness (QED) is 0.486. The van der Waals surface area contributed by atoms with Gasteiger partial charge in [-0.25, -0.2) is 0 Å². The molecule has 1 fully saturated rings. The topological polar surface area (TPSA) is 54.9 Å². The number of ether oxygens (including phenoxy) is 2. The van der Waals surface area contributed by atoms with Crippen LogP contribution >= 0.6 is 11.6 Å². The Morgan fingerprint density at radius 3 is 2.79 bits per heavy atom. The van der Waals surface area contributed by atoms with E-state index in [0.717, 1.165) is 24.2 Å². The Morgan fingerprint density at radius 2 is 2.17 bits per heavy atom. The third-order valence-electron chi connectivity index (χ3n) is 4.36. The SMILES string of the molecule is C#CCNC(=NC)NCC1(c2cc(Cl)ccc2OC)CCOCC1. The number of rotatable bonds is 5. The molecule has 130 valence electrons. The Labute approximate surface area is 148 Å². The van der Waals surface area contributed by atoms with Crippen molar-refractivity contribution in [2.24, 2.45) is 4.99 Å². The van der Waals surface area contributed by atoms with Gasteiger partial charge in [0.25, 0.3) is 0 Å². The summed E-state index contributed by atoms with van der Waals surface area (Å²) in [5.74, 6) is 4.07. The molecule has 24 heavy (non-hydrogen) atoms. The average Bonchev–Trinajstić information content (AvgIpc) is 2.62. The molecule has 0 aliphatic carbocycles. The fourth-order valence-electron chi connectivity index (χ4n) is 3.01. The second kappa shape index (κ2) is 8.81. The first-order valence-electron chi connectivity index (χ1n) is 7.95. The molecular formula is C18H24ClN3O2. The summed E-state index contributed by atoms with van der Waals surface area (Å²) in [6, 6.07) is 5.75. The lowest BCUT2D eigenvalue weighted by atomic mass is 9.73. The van der Waals surface area contributed by atoms with Gasteiger partial charge in [0.05, 0.1) is 13.7 Å². The van der Waals surface area contributed by atoms with Crippen molar-refractivity contribution >= 4 is 17.6 Å². The molecule has 1 aliphatic rings. The van der Waals surface area contributed by atoms with Gasteiger partial charge in [-0.3, -0.25) is 4.99 Å². The molecule has 1 aromatic rings. The first kappa shape index (κ1) is 18.4. The zero-order valence-electron chi connectivity index (χ0n) is 14.2. The van der Waals surface area contributed by atoms with E-state index in [4.69, 9.17) is 27.5 Å². The first-order valence-corrected chi connectivity index (χ1v) is 8.33. The third kappa shape index (κ3) is 4.34. The summed E-state index contributed by atoms with van der Waals surface area (Å²) in [5, 5.41) is 7.16. The Morgan fingerprint density at radius 1 is 1.42 bits per heavy atom. The second-order valence-electron chi connectivity index (χ2n) is 5.72. The van der Waals surface area contributed by atoms with Crippen molar-refractivity contribution in [1.29, 1.82) is 0 Å². The molecule has 2 rings (SSSR count). The molecule has 0 saturated carbocycles. The maximum absolute atomic E-state index is 6.25. The highest BCUT2D eigenvalue weighted by Gasteiger charge is 2.37. The molecule has 0 aromatic heterocycles. The number of methoxy groups -OCH3 is 1. The van der Waals surface area contributed by atoms with Gasteiger partial charge in [-0.15, -0.1) is 6.42 Å². The fraction of sp³-hybridized carbons (Fsp3) is 0.500. The zero-order valence-corrected chi connectivity index (χ0v) is 14.9. The number of nitrogens with zero attached hydrogens (tertiary/aromatic N) is 1. The molecule has 0 bridgehead atoms. The minimum Gasteiger partial charge on any atom is -0.496 e. The second-order valence-corrected chi connectivity index (χ2v) is 6.16. The van der Waals surface area contributed by atoms with E-state index in [-0.39, 0.29) is 5.41 Å². The molecule has 5 nitrogen and oxygen atoms in total. The van der Waals surface area contributed by atoms with Crippen LogP contribution in [0.15, 0.2) is 23.2 Å². The molecule has 1 aliphatic heterocycles. The predicted octanol–water partition coefficient (Wildman–Crippen LogP) is 2.20. The van der Waals surface area contributed by atoms with Crippen LogP contribution < -0.4 is 15.4 Å². The van der Waals surface area contributed by atoms with Crippen LogP contribution in [0.4, 0.5) is 0 Å². The minimum absolute atomic E-state index is 0.137. The van der Waals surface area contributed by atoms with Crippen LogP contribution in [0, 0.1) is 12.3 Å². The number of guanidine groups is 1. The number of hydrogen-bond acceptors (Lipinski definition) is 3. The fourth-order valence-corrected chi connectivity index (χ4v) is 3.18. The van der Waals surface area contributed by atoms with Crippen molar-refractivity contribution < 1.29 is 9.47 Å². The van der Waals surface area contributed by atoms with E-state index < -0.39 is 0 Å². The number of terminal acetylenes is 1. The van der Waals surface area contributed by atoms with Crippen molar-refractivity contribution in [1.82, 2.24) is 10.6 Å². The first-order chi connectivity index (χ1) is 11.6. The molecule has 2 N–H and O–H groups in total. The molecular weight excluding hydrogens is 326 g/mol. The van der Waals surface area contributed by atoms with Gasteiger partial charge in [0.15, 0.2) is 5.96 Å². The number of nitrogens with one attached hydrogen (secondary N) is 2. The average molecular weight is 350 g/mol.